The average Bonchev–Trinajstić information content (AvgIpc) is 2.67. The molecule has 1 unspecified atom stereocenters. The maximum Gasteiger partial charge on any atom is 0.222 e. The first-order valence-electron chi connectivity index (χ1n) is 9.00. The number of rotatable bonds is 6. The van der Waals surface area contributed by atoms with Gasteiger partial charge in [0.25, 0.3) is 0 Å². The quantitative estimate of drug-likeness (QED) is 0.298. The zero-order chi connectivity index (χ0) is 20.3. The largest absolute Gasteiger partial charge is 0.398 e. The van der Waals surface area contributed by atoms with Crippen molar-refractivity contribution in [3.63, 3.8) is 0 Å². The second-order valence-electron chi connectivity index (χ2n) is 6.83. The first-order chi connectivity index (χ1) is 13.3. The summed E-state index contributed by atoms with van der Waals surface area (Å²) in [5.74, 6) is 0.863. The Morgan fingerprint density at radius 1 is 1.07 bits per heavy atom. The van der Waals surface area contributed by atoms with Gasteiger partial charge in [0.2, 0.25) is 5.95 Å². The van der Waals surface area contributed by atoms with E-state index in [1.165, 1.54) is 5.56 Å². The van der Waals surface area contributed by atoms with Crippen LogP contribution in [0.1, 0.15) is 18.1 Å². The summed E-state index contributed by atoms with van der Waals surface area (Å²) in [7, 11) is 1.99. The third-order valence-electron chi connectivity index (χ3n) is 4.76. The third kappa shape index (κ3) is 4.20. The lowest BCUT2D eigenvalue weighted by molar-refractivity contribution is 0.674. The molecule has 7 N–H and O–H groups in total. The smallest absolute Gasteiger partial charge is 0.222 e. The monoisotopic (exact) mass is 375 g/mol. The fraction of sp³-hybridized carbons (Fsp3) is 0.190. The van der Waals surface area contributed by atoms with Gasteiger partial charge in [-0.3, -0.25) is 5.41 Å². The molecule has 1 heterocycles. The van der Waals surface area contributed by atoms with Crippen LogP contribution in [-0.4, -0.2) is 28.9 Å². The molecule has 7 nitrogen and oxygen atoms in total. The Morgan fingerprint density at radius 2 is 1.79 bits per heavy atom. The van der Waals surface area contributed by atoms with Crippen LogP contribution >= 0.6 is 0 Å². The second kappa shape index (κ2) is 7.96. The lowest BCUT2D eigenvalue weighted by Crippen LogP contribution is -2.31. The molecular weight excluding hydrogens is 350 g/mol. The molecule has 7 heteroatoms. The molecule has 0 bridgehead atoms. The Bertz CT molecular complexity index is 985. The number of nitrogens with zero attached hydrogens (tertiary/aromatic N) is 3. The van der Waals surface area contributed by atoms with E-state index < -0.39 is 0 Å². The molecule has 0 spiro atoms. The van der Waals surface area contributed by atoms with Crippen molar-refractivity contribution in [2.75, 3.05) is 23.4 Å². The normalized spacial score (nSPS) is 11.8. The Morgan fingerprint density at radius 3 is 2.43 bits per heavy atom. The maximum atomic E-state index is 7.56. The molecule has 0 saturated carbocycles. The minimum absolute atomic E-state index is 0.0681. The lowest BCUT2D eigenvalue weighted by atomic mass is 10.0. The summed E-state index contributed by atoms with van der Waals surface area (Å²) in [5, 5.41) is 7.56. The molecule has 3 rings (SSSR count). The van der Waals surface area contributed by atoms with Crippen molar-refractivity contribution in [2.24, 2.45) is 5.73 Å². The van der Waals surface area contributed by atoms with E-state index in [4.69, 9.17) is 22.6 Å². The molecule has 2 aromatic carbocycles. The number of likely N-dealkylation sites (N-methyl/N-ethyl adjacent to an activating group) is 1. The average molecular weight is 375 g/mol. The van der Waals surface area contributed by atoms with Crippen molar-refractivity contribution < 1.29 is 0 Å². The van der Waals surface area contributed by atoms with Gasteiger partial charge in [-0.05, 0) is 31.0 Å². The van der Waals surface area contributed by atoms with Crippen LogP contribution < -0.4 is 22.1 Å². The van der Waals surface area contributed by atoms with E-state index in [2.05, 4.69) is 33.9 Å². The molecule has 0 radical (unpaired) electrons. The van der Waals surface area contributed by atoms with Crippen molar-refractivity contribution in [1.82, 2.24) is 9.97 Å². The number of benzene rings is 2. The van der Waals surface area contributed by atoms with Gasteiger partial charge in [-0.2, -0.15) is 4.98 Å². The molecule has 0 aliphatic rings. The van der Waals surface area contributed by atoms with E-state index >= 15 is 0 Å². The molecule has 3 aromatic rings. The summed E-state index contributed by atoms with van der Waals surface area (Å²) in [5.41, 5.74) is 21.2. The third-order valence-corrected chi connectivity index (χ3v) is 4.76. The van der Waals surface area contributed by atoms with Gasteiger partial charge in [-0.1, -0.05) is 36.4 Å². The summed E-state index contributed by atoms with van der Waals surface area (Å²) in [6.07, 6.45) is 0.886. The van der Waals surface area contributed by atoms with Crippen molar-refractivity contribution in [1.29, 1.82) is 5.41 Å². The van der Waals surface area contributed by atoms with E-state index in [-0.39, 0.29) is 17.8 Å². The summed E-state index contributed by atoms with van der Waals surface area (Å²) >= 11 is 0. The molecule has 28 heavy (non-hydrogen) atoms. The van der Waals surface area contributed by atoms with Crippen LogP contribution in [-0.2, 0) is 6.42 Å². The van der Waals surface area contributed by atoms with Crippen LogP contribution in [0.4, 0.5) is 17.5 Å². The van der Waals surface area contributed by atoms with Crippen molar-refractivity contribution in [2.45, 2.75) is 19.4 Å². The highest BCUT2D eigenvalue weighted by atomic mass is 15.2. The van der Waals surface area contributed by atoms with Gasteiger partial charge >= 0.3 is 0 Å². The molecule has 0 saturated heterocycles. The highest BCUT2D eigenvalue weighted by molar-refractivity contribution is 6.00. The molecule has 1 atom stereocenters. The van der Waals surface area contributed by atoms with Crippen LogP contribution in [0.3, 0.4) is 0 Å². The minimum Gasteiger partial charge on any atom is -0.398 e. The predicted octanol–water partition coefficient (Wildman–Crippen LogP) is 2.66. The number of nitrogens with one attached hydrogen (secondary N) is 1. The SMILES string of the molecule is CC(Cc1ccccc1)N(C)c1cc(-c2ccc(C(=N)N)c(N)c2)nc(N)n1. The van der Waals surface area contributed by atoms with Crippen molar-refractivity contribution in [3.8, 4) is 11.3 Å². The van der Waals surface area contributed by atoms with E-state index in [1.54, 1.807) is 12.1 Å². The van der Waals surface area contributed by atoms with Crippen molar-refractivity contribution >= 4 is 23.3 Å². The van der Waals surface area contributed by atoms with E-state index in [9.17, 15) is 0 Å². The summed E-state index contributed by atoms with van der Waals surface area (Å²) in [6, 6.07) is 17.7. The highest BCUT2D eigenvalue weighted by Gasteiger charge is 2.15. The lowest BCUT2D eigenvalue weighted by Gasteiger charge is -2.26. The highest BCUT2D eigenvalue weighted by Crippen LogP contribution is 2.26. The predicted molar refractivity (Wildman–Crippen MR) is 115 cm³/mol. The van der Waals surface area contributed by atoms with Gasteiger partial charge in [0.15, 0.2) is 0 Å². The molecule has 0 fully saturated rings. The number of nitrogens with two attached hydrogens (primary N) is 3. The van der Waals surface area contributed by atoms with Gasteiger partial charge < -0.3 is 22.1 Å². The fourth-order valence-electron chi connectivity index (χ4n) is 3.07. The summed E-state index contributed by atoms with van der Waals surface area (Å²) in [6.45, 7) is 2.14. The zero-order valence-corrected chi connectivity index (χ0v) is 16.1. The van der Waals surface area contributed by atoms with E-state index in [1.807, 2.05) is 37.4 Å². The Hall–Kier alpha value is -3.61. The van der Waals surface area contributed by atoms with Crippen LogP contribution in [0.2, 0.25) is 0 Å². The van der Waals surface area contributed by atoms with E-state index in [0.717, 1.165) is 17.8 Å². The topological polar surface area (TPSA) is 131 Å². The summed E-state index contributed by atoms with van der Waals surface area (Å²) in [4.78, 5) is 10.8. The molecule has 0 amide bonds. The first kappa shape index (κ1) is 19.2. The molecule has 144 valence electrons. The molecule has 1 aromatic heterocycles. The van der Waals surface area contributed by atoms with Gasteiger partial charge in [-0.25, -0.2) is 4.98 Å². The Balaban J connectivity index is 1.88. The maximum absolute atomic E-state index is 7.56. The zero-order valence-electron chi connectivity index (χ0n) is 16.1. The number of anilines is 3. The first-order valence-corrected chi connectivity index (χ1v) is 9.00. The van der Waals surface area contributed by atoms with Gasteiger partial charge in [-0.15, -0.1) is 0 Å². The van der Waals surface area contributed by atoms with Crippen molar-refractivity contribution in [3.05, 3.63) is 65.7 Å². The van der Waals surface area contributed by atoms with Crippen LogP contribution in [0.25, 0.3) is 11.3 Å². The Kier molecular flexibility index (Phi) is 5.44. The second-order valence-corrected chi connectivity index (χ2v) is 6.83. The molecular formula is C21H25N7. The number of hydrogen-bond acceptors (Lipinski definition) is 6. The van der Waals surface area contributed by atoms with Crippen LogP contribution in [0.15, 0.2) is 54.6 Å². The summed E-state index contributed by atoms with van der Waals surface area (Å²) < 4.78 is 0. The number of nitrogen functional groups attached to an aromatic ring is 3. The Labute approximate surface area is 164 Å². The van der Waals surface area contributed by atoms with Crippen LogP contribution in [0.5, 0.6) is 0 Å². The number of hydrogen-bond donors (Lipinski definition) is 4. The number of amidine groups is 1. The number of aromatic nitrogens is 2. The standard InChI is InChI=1S/C21H25N7/c1-13(10-14-6-4-3-5-7-14)28(2)19-12-18(26-21(25)27-19)15-8-9-16(20(23)24)17(22)11-15/h3-9,11-13H,10,22H2,1-2H3,(H3,23,24)(H2,25,26,27). The van der Waals surface area contributed by atoms with Gasteiger partial charge in [0.05, 0.1) is 5.69 Å². The minimum atomic E-state index is -0.0681. The molecule has 0 aliphatic heterocycles. The van der Waals surface area contributed by atoms with Crippen LogP contribution in [0, 0.1) is 5.41 Å². The van der Waals surface area contributed by atoms with E-state index in [0.29, 0.717) is 16.9 Å². The van der Waals surface area contributed by atoms with Gasteiger partial charge in [0, 0.05) is 36.0 Å². The fourth-order valence-corrected chi connectivity index (χ4v) is 3.07. The molecule has 0 aliphatic carbocycles. The van der Waals surface area contributed by atoms with Gasteiger partial charge in [0.1, 0.15) is 11.7 Å².